The van der Waals surface area contributed by atoms with Gasteiger partial charge in [-0.3, -0.25) is 4.90 Å². The molecule has 1 aromatic carbocycles. The fourth-order valence-corrected chi connectivity index (χ4v) is 3.84. The van der Waals surface area contributed by atoms with Gasteiger partial charge in [0.15, 0.2) is 0 Å². The lowest BCUT2D eigenvalue weighted by atomic mass is 9.75. The minimum atomic E-state index is -0.369. The fourth-order valence-electron chi connectivity index (χ4n) is 3.84. The van der Waals surface area contributed by atoms with Gasteiger partial charge in [-0.15, -0.1) is 0 Å². The van der Waals surface area contributed by atoms with Crippen LogP contribution in [0.4, 0.5) is 4.79 Å². The highest BCUT2D eigenvalue weighted by atomic mass is 16.6. The van der Waals surface area contributed by atoms with E-state index in [9.17, 15) is 9.59 Å². The molecule has 25 heavy (non-hydrogen) atoms. The number of hydrogen-bond donors (Lipinski definition) is 0. The Morgan fingerprint density at radius 1 is 1.12 bits per heavy atom. The monoisotopic (exact) mass is 343 g/mol. The summed E-state index contributed by atoms with van der Waals surface area (Å²) in [6.07, 6.45) is 7.60. The lowest BCUT2D eigenvalue weighted by Gasteiger charge is -2.47. The maximum absolute atomic E-state index is 12.8. The zero-order valence-electron chi connectivity index (χ0n) is 14.7. The predicted octanol–water partition coefficient (Wildman–Crippen LogP) is 3.83. The third-order valence-corrected chi connectivity index (χ3v) is 5.29. The second-order valence-corrected chi connectivity index (χ2v) is 6.84. The van der Waals surface area contributed by atoms with Crippen LogP contribution in [0, 0.1) is 0 Å². The van der Waals surface area contributed by atoms with Crippen molar-refractivity contribution in [3.05, 3.63) is 47.5 Å². The molecule has 1 amide bonds. The van der Waals surface area contributed by atoms with Crippen molar-refractivity contribution in [2.45, 2.75) is 50.7 Å². The minimum Gasteiger partial charge on any atom is -0.466 e. The van der Waals surface area contributed by atoms with Crippen LogP contribution in [0.1, 0.15) is 44.1 Å². The molecule has 1 fully saturated rings. The summed E-state index contributed by atoms with van der Waals surface area (Å²) in [6, 6.07) is 9.63. The third-order valence-electron chi connectivity index (χ3n) is 5.29. The van der Waals surface area contributed by atoms with Crippen LogP contribution in [-0.4, -0.2) is 36.2 Å². The molecule has 2 aliphatic rings. The highest BCUT2D eigenvalue weighted by Crippen LogP contribution is 2.40. The summed E-state index contributed by atoms with van der Waals surface area (Å²) in [5.41, 5.74) is 1.27. The van der Waals surface area contributed by atoms with Gasteiger partial charge in [0.2, 0.25) is 0 Å². The van der Waals surface area contributed by atoms with Crippen LogP contribution in [0.5, 0.6) is 0 Å². The highest BCUT2D eigenvalue weighted by Gasteiger charge is 2.44. The number of amides is 1. The van der Waals surface area contributed by atoms with E-state index in [4.69, 9.17) is 9.47 Å². The van der Waals surface area contributed by atoms with E-state index in [2.05, 4.69) is 0 Å². The van der Waals surface area contributed by atoms with Gasteiger partial charge < -0.3 is 9.47 Å². The molecule has 0 bridgehead atoms. The van der Waals surface area contributed by atoms with Crippen molar-refractivity contribution in [1.29, 1.82) is 0 Å². The van der Waals surface area contributed by atoms with Crippen LogP contribution in [0.25, 0.3) is 0 Å². The van der Waals surface area contributed by atoms with Crippen LogP contribution in [0.2, 0.25) is 0 Å². The summed E-state index contributed by atoms with van der Waals surface area (Å²) in [5.74, 6) is -0.369. The Morgan fingerprint density at radius 2 is 1.84 bits per heavy atom. The average Bonchev–Trinajstić information content (AvgIpc) is 2.67. The van der Waals surface area contributed by atoms with E-state index in [-0.39, 0.29) is 30.8 Å². The third kappa shape index (κ3) is 3.86. The van der Waals surface area contributed by atoms with Crippen molar-refractivity contribution in [2.24, 2.45) is 0 Å². The first-order valence-electron chi connectivity index (χ1n) is 8.90. The maximum Gasteiger partial charge on any atom is 0.410 e. The van der Waals surface area contributed by atoms with Gasteiger partial charge in [0, 0.05) is 0 Å². The summed E-state index contributed by atoms with van der Waals surface area (Å²) in [7, 11) is 1.37. The molecule has 1 saturated carbocycles. The molecule has 1 aliphatic carbocycles. The second kappa shape index (κ2) is 7.72. The van der Waals surface area contributed by atoms with Gasteiger partial charge in [-0.25, -0.2) is 9.59 Å². The van der Waals surface area contributed by atoms with Crippen LogP contribution in [-0.2, 0) is 20.9 Å². The highest BCUT2D eigenvalue weighted by molar-refractivity contribution is 5.90. The Labute approximate surface area is 148 Å². The Kier molecular flexibility index (Phi) is 5.41. The number of esters is 1. The standard InChI is InChI=1S/C20H25NO4/c1-24-18(22)17-10-13-20(11-6-3-7-12-20)21(14-17)19(23)25-15-16-8-4-2-5-9-16/h2,4-5,8-10H,3,6-7,11-15H2,1H3. The summed E-state index contributed by atoms with van der Waals surface area (Å²) in [4.78, 5) is 26.5. The number of hydrogen-bond acceptors (Lipinski definition) is 4. The molecule has 1 aliphatic heterocycles. The lowest BCUT2D eigenvalue weighted by Crippen LogP contribution is -2.55. The number of methoxy groups -OCH3 is 1. The smallest absolute Gasteiger partial charge is 0.410 e. The molecule has 1 aromatic rings. The van der Waals surface area contributed by atoms with E-state index < -0.39 is 0 Å². The Hall–Kier alpha value is -2.30. The van der Waals surface area contributed by atoms with Crippen molar-refractivity contribution in [2.75, 3.05) is 13.7 Å². The molecule has 3 rings (SSSR count). The predicted molar refractivity (Wildman–Crippen MR) is 93.9 cm³/mol. The summed E-state index contributed by atoms with van der Waals surface area (Å²) in [5, 5.41) is 0. The zero-order valence-corrected chi connectivity index (χ0v) is 14.7. The molecule has 0 aromatic heterocycles. The van der Waals surface area contributed by atoms with E-state index in [1.54, 1.807) is 4.90 Å². The molecule has 0 unspecified atom stereocenters. The molecular weight excluding hydrogens is 318 g/mol. The number of nitrogens with zero attached hydrogens (tertiary/aromatic N) is 1. The van der Waals surface area contributed by atoms with Gasteiger partial charge in [-0.2, -0.15) is 0 Å². The molecule has 0 saturated heterocycles. The van der Waals surface area contributed by atoms with E-state index in [1.165, 1.54) is 13.5 Å². The lowest BCUT2D eigenvalue weighted by molar-refractivity contribution is -0.136. The van der Waals surface area contributed by atoms with Crippen LogP contribution in [0.3, 0.4) is 0 Å². The number of benzene rings is 1. The van der Waals surface area contributed by atoms with Gasteiger partial charge in [-0.1, -0.05) is 55.7 Å². The molecule has 0 atom stereocenters. The van der Waals surface area contributed by atoms with Crippen LogP contribution >= 0.6 is 0 Å². The first-order chi connectivity index (χ1) is 12.1. The van der Waals surface area contributed by atoms with Crippen molar-refractivity contribution in [3.63, 3.8) is 0 Å². The van der Waals surface area contributed by atoms with Gasteiger partial charge in [0.05, 0.1) is 24.8 Å². The molecular formula is C20H25NO4. The van der Waals surface area contributed by atoms with Gasteiger partial charge in [0.25, 0.3) is 0 Å². The number of carbonyl (C=O) groups excluding carboxylic acids is 2. The fraction of sp³-hybridized carbons (Fsp3) is 0.500. The van der Waals surface area contributed by atoms with Gasteiger partial charge >= 0.3 is 12.1 Å². The van der Waals surface area contributed by atoms with Crippen LogP contribution in [0.15, 0.2) is 42.0 Å². The van der Waals surface area contributed by atoms with Gasteiger partial charge in [0.1, 0.15) is 6.61 Å². The molecule has 0 N–H and O–H groups in total. The Balaban J connectivity index is 1.75. The quantitative estimate of drug-likeness (QED) is 0.783. The normalized spacial score (nSPS) is 19.2. The molecule has 1 heterocycles. The largest absolute Gasteiger partial charge is 0.466 e. The van der Waals surface area contributed by atoms with Crippen molar-refractivity contribution < 1.29 is 19.1 Å². The summed E-state index contributed by atoms with van der Waals surface area (Å²) in [6.45, 7) is 0.504. The number of rotatable bonds is 3. The second-order valence-electron chi connectivity index (χ2n) is 6.84. The maximum atomic E-state index is 12.8. The van der Waals surface area contributed by atoms with E-state index >= 15 is 0 Å². The Bertz CT molecular complexity index is 647. The minimum absolute atomic E-state index is 0.219. The van der Waals surface area contributed by atoms with Crippen molar-refractivity contribution in [1.82, 2.24) is 4.90 Å². The number of ether oxygens (including phenoxy) is 2. The Morgan fingerprint density at radius 3 is 2.52 bits per heavy atom. The van der Waals surface area contributed by atoms with Gasteiger partial charge in [-0.05, 0) is 24.8 Å². The number of carbonyl (C=O) groups is 2. The SMILES string of the molecule is COC(=O)C1=CCC2(CCCCC2)N(C(=O)OCc2ccccc2)C1. The zero-order chi connectivity index (χ0) is 17.7. The topological polar surface area (TPSA) is 55.8 Å². The molecule has 5 nitrogen and oxygen atoms in total. The molecule has 0 radical (unpaired) electrons. The average molecular weight is 343 g/mol. The molecule has 134 valence electrons. The molecule has 1 spiro atoms. The van der Waals surface area contributed by atoms with E-state index in [0.717, 1.165) is 31.2 Å². The van der Waals surface area contributed by atoms with Crippen LogP contribution < -0.4 is 0 Å². The summed E-state index contributed by atoms with van der Waals surface area (Å²) < 4.78 is 10.4. The van der Waals surface area contributed by atoms with Crippen molar-refractivity contribution in [3.8, 4) is 0 Å². The first kappa shape index (κ1) is 17.5. The first-order valence-corrected chi connectivity index (χ1v) is 8.90. The van der Waals surface area contributed by atoms with Crippen molar-refractivity contribution >= 4 is 12.1 Å². The molecule has 5 heteroatoms. The van der Waals surface area contributed by atoms with E-state index in [1.807, 2.05) is 36.4 Å². The summed E-state index contributed by atoms with van der Waals surface area (Å²) >= 11 is 0. The van der Waals surface area contributed by atoms with E-state index in [0.29, 0.717) is 12.0 Å².